The Bertz CT molecular complexity index is 2420. The maximum atomic E-state index is 13.8. The van der Waals surface area contributed by atoms with Gasteiger partial charge in [-0.15, -0.1) is 0 Å². The molecule has 2 fully saturated rings. The minimum atomic E-state index is -0.470. The van der Waals surface area contributed by atoms with E-state index in [4.69, 9.17) is 4.74 Å². The Morgan fingerprint density at radius 1 is 0.557 bits per heavy atom. The van der Waals surface area contributed by atoms with E-state index in [0.29, 0.717) is 29.5 Å². The van der Waals surface area contributed by atoms with Crippen molar-refractivity contribution < 1.29 is 14.3 Å². The highest BCUT2D eigenvalue weighted by molar-refractivity contribution is 6.11. The van der Waals surface area contributed by atoms with E-state index in [1.807, 2.05) is 72.9 Å². The second-order valence-corrected chi connectivity index (χ2v) is 16.8. The van der Waals surface area contributed by atoms with Gasteiger partial charge in [-0.1, -0.05) is 123 Å². The van der Waals surface area contributed by atoms with Crippen LogP contribution in [-0.2, 0) is 26.2 Å². The molecule has 4 aliphatic carbocycles. The van der Waals surface area contributed by atoms with Gasteiger partial charge in [-0.3, -0.25) is 9.59 Å². The molecule has 1 atom stereocenters. The van der Waals surface area contributed by atoms with Crippen molar-refractivity contribution in [2.24, 2.45) is 32.3 Å². The molecule has 8 rings (SSSR count). The first-order valence-corrected chi connectivity index (χ1v) is 21.9. The predicted molar refractivity (Wildman–Crippen MR) is 243 cm³/mol. The first-order chi connectivity index (χ1) is 29.9. The zero-order chi connectivity index (χ0) is 42.0. The summed E-state index contributed by atoms with van der Waals surface area (Å²) in [7, 11) is 1.51. The molecule has 0 amide bonds. The number of allylic oxidation sites excluding steroid dienone is 9. The van der Waals surface area contributed by atoms with Gasteiger partial charge in [-0.25, -0.2) is 0 Å². The first kappa shape index (κ1) is 41.4. The summed E-state index contributed by atoms with van der Waals surface area (Å²) in [5.74, 6) is 1.13. The van der Waals surface area contributed by atoms with Crippen LogP contribution in [0.15, 0.2) is 200 Å². The molecule has 2 saturated carbocycles. The number of hydrogen-bond donors (Lipinski definition) is 0. The molecule has 308 valence electrons. The molecule has 0 bridgehead atoms. The smallest absolute Gasteiger partial charge is 0.223 e. The normalized spacial score (nSPS) is 19.7. The molecule has 0 N–H and O–H groups in total. The van der Waals surface area contributed by atoms with Gasteiger partial charge in [-0.05, 0) is 126 Å². The number of carbonyl (C=O) groups is 2. The van der Waals surface area contributed by atoms with Gasteiger partial charge in [0.1, 0.15) is 0 Å². The molecule has 0 aromatic heterocycles. The number of ether oxygens (including phenoxy) is 1. The van der Waals surface area contributed by atoms with E-state index in [-0.39, 0.29) is 17.3 Å². The van der Waals surface area contributed by atoms with Crippen molar-refractivity contribution in [2.75, 3.05) is 7.11 Å². The molecular weight excluding hydrogens is 753 g/mol. The number of benzene rings is 4. The average molecular weight is 807 g/mol. The molecule has 0 aliphatic heterocycles. The summed E-state index contributed by atoms with van der Waals surface area (Å²) in [6.07, 6.45) is 23.4. The van der Waals surface area contributed by atoms with Crippen molar-refractivity contribution >= 4 is 22.9 Å². The number of carbonyl (C=O) groups excluding carboxylic acids is 2. The minimum Gasteiger partial charge on any atom is -0.493 e. The summed E-state index contributed by atoms with van der Waals surface area (Å²) in [6.45, 7) is 2.24. The van der Waals surface area contributed by atoms with Crippen LogP contribution in [0, 0.1) is 11.8 Å². The molecule has 0 spiro atoms. The second-order valence-electron chi connectivity index (χ2n) is 16.8. The van der Waals surface area contributed by atoms with Crippen molar-refractivity contribution in [3.8, 4) is 0 Å². The summed E-state index contributed by atoms with van der Waals surface area (Å²) in [4.78, 5) is 26.8. The zero-order valence-corrected chi connectivity index (χ0v) is 35.3. The van der Waals surface area contributed by atoms with Crippen LogP contribution < -0.4 is 0 Å². The van der Waals surface area contributed by atoms with E-state index < -0.39 is 5.41 Å². The Morgan fingerprint density at radius 3 is 1.51 bits per heavy atom. The van der Waals surface area contributed by atoms with E-state index in [2.05, 4.69) is 88.1 Å². The van der Waals surface area contributed by atoms with Crippen molar-refractivity contribution in [1.29, 1.82) is 0 Å². The Hall–Kier alpha value is -6.34. The van der Waals surface area contributed by atoms with Crippen molar-refractivity contribution in [3.63, 3.8) is 0 Å². The number of ketones is 2. The molecule has 0 saturated heterocycles. The van der Waals surface area contributed by atoms with E-state index in [1.54, 1.807) is 12.3 Å². The van der Waals surface area contributed by atoms with Gasteiger partial charge in [0.25, 0.3) is 0 Å². The van der Waals surface area contributed by atoms with Crippen LogP contribution in [0.2, 0.25) is 0 Å². The van der Waals surface area contributed by atoms with E-state index >= 15 is 0 Å². The average Bonchev–Trinajstić information content (AvgIpc) is 3.31. The molecular formula is C54H54N4O3. The fraction of sp³-hybridized carbons (Fsp3) is 0.296. The topological polar surface area (TPSA) is 92.8 Å². The lowest BCUT2D eigenvalue weighted by molar-refractivity contribution is -0.115. The molecule has 0 heterocycles. The third-order valence-corrected chi connectivity index (χ3v) is 12.9. The van der Waals surface area contributed by atoms with Crippen molar-refractivity contribution in [3.05, 3.63) is 202 Å². The lowest BCUT2D eigenvalue weighted by atomic mass is 9.71. The van der Waals surface area contributed by atoms with Gasteiger partial charge < -0.3 is 4.74 Å². The lowest BCUT2D eigenvalue weighted by Crippen LogP contribution is -2.25. The van der Waals surface area contributed by atoms with Gasteiger partial charge in [0.2, 0.25) is 5.78 Å². The maximum Gasteiger partial charge on any atom is 0.223 e. The quantitative estimate of drug-likeness (QED) is 0.105. The summed E-state index contributed by atoms with van der Waals surface area (Å²) in [5, 5.41) is 18.1. The predicted octanol–water partition coefficient (Wildman–Crippen LogP) is 13.9. The van der Waals surface area contributed by atoms with E-state index in [9.17, 15) is 9.59 Å². The second kappa shape index (κ2) is 19.4. The minimum absolute atomic E-state index is 0.121. The van der Waals surface area contributed by atoms with E-state index in [1.165, 1.54) is 45.6 Å². The van der Waals surface area contributed by atoms with Gasteiger partial charge in [0.05, 0.1) is 30.9 Å². The molecule has 4 aromatic rings. The number of methoxy groups -OCH3 is 1. The van der Waals surface area contributed by atoms with Gasteiger partial charge in [0.15, 0.2) is 11.5 Å². The number of Topliss-reactive ketones (excluding diaryl/α,β-unsaturated/α-hetero) is 2. The van der Waals surface area contributed by atoms with Crippen LogP contribution in [0.1, 0.15) is 93.4 Å². The van der Waals surface area contributed by atoms with Crippen LogP contribution in [0.25, 0.3) is 0 Å². The Kier molecular flexibility index (Phi) is 13.1. The zero-order valence-electron chi connectivity index (χ0n) is 35.3. The highest BCUT2D eigenvalue weighted by Gasteiger charge is 2.33. The summed E-state index contributed by atoms with van der Waals surface area (Å²) in [6, 6.07) is 36.9. The molecule has 7 heteroatoms. The fourth-order valence-electron chi connectivity index (χ4n) is 9.38. The lowest BCUT2D eigenvalue weighted by Gasteiger charge is -2.32. The van der Waals surface area contributed by atoms with Crippen LogP contribution in [0.4, 0.5) is 11.4 Å². The number of nitrogens with zero attached hydrogens (tertiary/aromatic N) is 4. The Balaban J connectivity index is 1.01. The third kappa shape index (κ3) is 9.68. The van der Waals surface area contributed by atoms with Crippen molar-refractivity contribution in [2.45, 2.75) is 83.0 Å². The van der Waals surface area contributed by atoms with Crippen LogP contribution in [0.5, 0.6) is 0 Å². The Labute approximate surface area is 360 Å². The highest BCUT2D eigenvalue weighted by Crippen LogP contribution is 2.41. The number of hydrogen-bond acceptors (Lipinski definition) is 7. The van der Waals surface area contributed by atoms with Crippen LogP contribution in [0.3, 0.4) is 0 Å². The largest absolute Gasteiger partial charge is 0.493 e. The molecule has 4 aromatic carbocycles. The van der Waals surface area contributed by atoms with Gasteiger partial charge >= 0.3 is 0 Å². The van der Waals surface area contributed by atoms with Gasteiger partial charge in [-0.2, -0.15) is 20.5 Å². The summed E-state index contributed by atoms with van der Waals surface area (Å²) < 4.78 is 5.41. The van der Waals surface area contributed by atoms with Crippen LogP contribution >= 0.6 is 0 Å². The molecule has 61 heavy (non-hydrogen) atoms. The maximum absolute atomic E-state index is 13.8. The molecule has 1 unspecified atom stereocenters. The number of azo groups is 2. The first-order valence-electron chi connectivity index (χ1n) is 21.9. The van der Waals surface area contributed by atoms with Crippen molar-refractivity contribution in [1.82, 2.24) is 0 Å². The molecule has 4 aliphatic rings. The number of rotatable bonds is 12. The third-order valence-electron chi connectivity index (χ3n) is 12.9. The standard InChI is InChI=1S/C54H54N4O3/c1-54(44-21-13-6-14-22-44,45-23-27-47(28-24-45)57-55-36-39-32-43(52(59)51(35-39)61-2)31-38-15-7-3-8-16-38)46-25-29-48(30-26-46)58-56-37-40-33-49(41-17-9-4-10-18-41)53(60)50(34-40)42-19-11-5-12-20-42/h3,6-8,13-16,21-30,32-37,41-42H,4-5,9-12,17-20,31H2,1-2H3/b39-36+,57-55?,58-56?. The van der Waals surface area contributed by atoms with E-state index in [0.717, 1.165) is 75.9 Å². The SMILES string of the molecule is COC1=C/C(=C/N=Nc2ccc(C(C)(c3ccccc3)c3ccc(N=NC=C4C=C(C5CCCCC5)C(=O)C(C5CCCCC5)=C4)cc3)cc2)C=C(Cc2ccccc2)C1=O. The molecule has 7 nitrogen and oxygen atoms in total. The summed E-state index contributed by atoms with van der Waals surface area (Å²) >= 11 is 0. The molecule has 0 radical (unpaired) electrons. The fourth-order valence-corrected chi connectivity index (χ4v) is 9.38. The highest BCUT2D eigenvalue weighted by atomic mass is 16.5. The van der Waals surface area contributed by atoms with Gasteiger partial charge in [0, 0.05) is 28.6 Å². The summed E-state index contributed by atoms with van der Waals surface area (Å²) in [5.41, 5.74) is 9.77. The van der Waals surface area contributed by atoms with Crippen LogP contribution in [-0.4, -0.2) is 18.7 Å². The monoisotopic (exact) mass is 806 g/mol. The Morgan fingerprint density at radius 2 is 1.02 bits per heavy atom.